The molecule has 4 aromatic rings. The predicted molar refractivity (Wildman–Crippen MR) is 118 cm³/mol. The van der Waals surface area contributed by atoms with Crippen molar-refractivity contribution < 1.29 is 5.11 Å². The second-order valence-corrected chi connectivity index (χ2v) is 7.25. The van der Waals surface area contributed by atoms with Gasteiger partial charge in [-0.3, -0.25) is 0 Å². The molecule has 0 saturated carbocycles. The lowest BCUT2D eigenvalue weighted by Crippen LogP contribution is -2.21. The normalized spacial score (nSPS) is 13.1. The van der Waals surface area contributed by atoms with Crippen LogP contribution in [0.15, 0.2) is 121 Å². The average Bonchev–Trinajstić information content (AvgIpc) is 3.05. The van der Waals surface area contributed by atoms with Crippen molar-refractivity contribution in [3.05, 3.63) is 143 Å². The lowest BCUT2D eigenvalue weighted by molar-refractivity contribution is 0.140. The molecule has 1 aliphatic rings. The summed E-state index contributed by atoms with van der Waals surface area (Å²) in [4.78, 5) is 0. The van der Waals surface area contributed by atoms with Gasteiger partial charge in [0.15, 0.2) is 0 Å². The minimum absolute atomic E-state index is 0.897. The van der Waals surface area contributed by atoms with Gasteiger partial charge in [-0.05, 0) is 28.3 Å². The molecule has 5 rings (SSSR count). The zero-order chi connectivity index (χ0) is 19.7. The van der Waals surface area contributed by atoms with E-state index in [4.69, 9.17) is 0 Å². The summed E-state index contributed by atoms with van der Waals surface area (Å²) in [5.41, 5.74) is 9.29. The minimum Gasteiger partial charge on any atom is -0.376 e. The Morgan fingerprint density at radius 3 is 1.48 bits per heavy atom. The van der Waals surface area contributed by atoms with Crippen LogP contribution in [-0.2, 0) is 5.60 Å². The summed E-state index contributed by atoms with van der Waals surface area (Å²) < 4.78 is 0. The standard InChI is InChI=1S/C28H20O/c29-28(26-17-9-7-15-24(26)25-16-8-10-18-27(25)28)20-19-23(21-11-3-1-4-12-21)22-13-5-2-6-14-22/h1-18,20,29H. The molecule has 0 heterocycles. The Balaban J connectivity index is 1.75. The molecule has 138 valence electrons. The molecular weight excluding hydrogens is 352 g/mol. The van der Waals surface area contributed by atoms with E-state index in [-0.39, 0.29) is 0 Å². The van der Waals surface area contributed by atoms with Crippen LogP contribution in [0, 0.1) is 0 Å². The molecule has 1 aliphatic carbocycles. The Bertz CT molecular complexity index is 1140. The first-order chi connectivity index (χ1) is 14.3. The first-order valence-electron chi connectivity index (χ1n) is 9.78. The van der Waals surface area contributed by atoms with Crippen molar-refractivity contribution in [1.82, 2.24) is 0 Å². The molecule has 0 radical (unpaired) electrons. The number of benzene rings is 4. The van der Waals surface area contributed by atoms with Crippen molar-refractivity contribution in [2.24, 2.45) is 0 Å². The first kappa shape index (κ1) is 17.5. The van der Waals surface area contributed by atoms with Gasteiger partial charge in [0, 0.05) is 16.7 Å². The molecular formula is C28H20O. The lowest BCUT2D eigenvalue weighted by Gasteiger charge is -2.21. The highest BCUT2D eigenvalue weighted by Gasteiger charge is 2.39. The quantitative estimate of drug-likeness (QED) is 0.425. The van der Waals surface area contributed by atoms with Gasteiger partial charge >= 0.3 is 0 Å². The molecule has 0 aromatic heterocycles. The largest absolute Gasteiger partial charge is 0.376 e. The van der Waals surface area contributed by atoms with E-state index in [2.05, 4.69) is 42.1 Å². The second-order valence-electron chi connectivity index (χ2n) is 7.25. The average molecular weight is 372 g/mol. The summed E-state index contributed by atoms with van der Waals surface area (Å²) in [5, 5.41) is 11.8. The fraction of sp³-hybridized carbons (Fsp3) is 0.0357. The molecule has 1 N–H and O–H groups in total. The maximum Gasteiger partial charge on any atom is 0.142 e. The van der Waals surface area contributed by atoms with Gasteiger partial charge in [-0.1, -0.05) is 109 Å². The molecule has 29 heavy (non-hydrogen) atoms. The fourth-order valence-corrected chi connectivity index (χ4v) is 4.12. The molecule has 0 bridgehead atoms. The maximum atomic E-state index is 11.8. The van der Waals surface area contributed by atoms with Crippen molar-refractivity contribution >= 4 is 5.57 Å². The zero-order valence-corrected chi connectivity index (χ0v) is 15.9. The Hall–Kier alpha value is -3.64. The van der Waals surface area contributed by atoms with Crippen molar-refractivity contribution in [2.75, 3.05) is 0 Å². The maximum absolute atomic E-state index is 11.8. The van der Waals surface area contributed by atoms with E-state index in [1.807, 2.05) is 78.9 Å². The van der Waals surface area contributed by atoms with Crippen LogP contribution in [-0.4, -0.2) is 5.11 Å². The van der Waals surface area contributed by atoms with Crippen LogP contribution >= 0.6 is 0 Å². The van der Waals surface area contributed by atoms with Crippen LogP contribution in [0.2, 0.25) is 0 Å². The van der Waals surface area contributed by atoms with Crippen molar-refractivity contribution in [3.63, 3.8) is 0 Å². The third-order valence-electron chi connectivity index (χ3n) is 5.52. The van der Waals surface area contributed by atoms with Crippen molar-refractivity contribution in [2.45, 2.75) is 5.60 Å². The highest BCUT2D eigenvalue weighted by atomic mass is 16.3. The van der Waals surface area contributed by atoms with Gasteiger partial charge in [0.2, 0.25) is 0 Å². The summed E-state index contributed by atoms with van der Waals surface area (Å²) in [6, 6.07) is 36.5. The van der Waals surface area contributed by atoms with Crippen LogP contribution in [0.3, 0.4) is 0 Å². The Morgan fingerprint density at radius 2 is 1.00 bits per heavy atom. The van der Waals surface area contributed by atoms with Crippen LogP contribution in [0.25, 0.3) is 16.7 Å². The summed E-state index contributed by atoms with van der Waals surface area (Å²) >= 11 is 0. The summed E-state index contributed by atoms with van der Waals surface area (Å²) in [7, 11) is 0. The second kappa shape index (κ2) is 7.07. The summed E-state index contributed by atoms with van der Waals surface area (Å²) in [6.07, 6.45) is 1.81. The van der Waals surface area contributed by atoms with E-state index in [1.165, 1.54) is 0 Å². The smallest absolute Gasteiger partial charge is 0.142 e. The number of rotatable bonds is 3. The highest BCUT2D eigenvalue weighted by Crippen LogP contribution is 2.48. The molecule has 0 unspecified atom stereocenters. The molecule has 0 aliphatic heterocycles. The molecule has 0 saturated heterocycles. The Kier molecular flexibility index (Phi) is 4.26. The van der Waals surface area contributed by atoms with Crippen LogP contribution < -0.4 is 0 Å². The molecule has 4 aromatic carbocycles. The number of hydrogen-bond donors (Lipinski definition) is 1. The Morgan fingerprint density at radius 1 is 0.586 bits per heavy atom. The van der Waals surface area contributed by atoms with E-state index in [1.54, 1.807) is 0 Å². The van der Waals surface area contributed by atoms with E-state index in [0.717, 1.165) is 39.0 Å². The van der Waals surface area contributed by atoms with E-state index < -0.39 is 5.60 Å². The van der Waals surface area contributed by atoms with Gasteiger partial charge in [-0.15, -0.1) is 5.73 Å². The van der Waals surface area contributed by atoms with E-state index in [9.17, 15) is 5.11 Å². The van der Waals surface area contributed by atoms with Gasteiger partial charge in [-0.2, -0.15) is 0 Å². The van der Waals surface area contributed by atoms with Gasteiger partial charge in [-0.25, -0.2) is 0 Å². The SMILES string of the molecule is OC1(C=C=C(c2ccccc2)c2ccccc2)c2ccccc2-c2ccccc21. The monoisotopic (exact) mass is 372 g/mol. The lowest BCUT2D eigenvalue weighted by atomic mass is 9.90. The number of aliphatic hydroxyl groups is 1. The van der Waals surface area contributed by atoms with E-state index in [0.29, 0.717) is 0 Å². The fourth-order valence-electron chi connectivity index (χ4n) is 4.12. The molecule has 0 spiro atoms. The van der Waals surface area contributed by atoms with Gasteiger partial charge in [0.05, 0.1) is 0 Å². The van der Waals surface area contributed by atoms with Crippen LogP contribution in [0.1, 0.15) is 22.3 Å². The van der Waals surface area contributed by atoms with Crippen LogP contribution in [0.4, 0.5) is 0 Å². The number of fused-ring (bicyclic) bond motifs is 3. The molecule has 1 nitrogen and oxygen atoms in total. The molecule has 0 atom stereocenters. The van der Waals surface area contributed by atoms with Gasteiger partial charge < -0.3 is 5.11 Å². The topological polar surface area (TPSA) is 20.2 Å². The third kappa shape index (κ3) is 2.94. The highest BCUT2D eigenvalue weighted by molar-refractivity contribution is 5.83. The number of hydrogen-bond acceptors (Lipinski definition) is 1. The van der Waals surface area contributed by atoms with Gasteiger partial charge in [0.25, 0.3) is 0 Å². The molecule has 0 fully saturated rings. The minimum atomic E-state index is -1.21. The predicted octanol–water partition coefficient (Wildman–Crippen LogP) is 6.19. The summed E-state index contributed by atoms with van der Waals surface area (Å²) in [6.45, 7) is 0. The third-order valence-corrected chi connectivity index (χ3v) is 5.52. The van der Waals surface area contributed by atoms with Crippen molar-refractivity contribution in [3.8, 4) is 11.1 Å². The molecule has 0 amide bonds. The zero-order valence-electron chi connectivity index (χ0n) is 15.9. The summed E-state index contributed by atoms with van der Waals surface area (Å²) in [5.74, 6) is 0. The van der Waals surface area contributed by atoms with E-state index >= 15 is 0 Å². The van der Waals surface area contributed by atoms with Gasteiger partial charge in [0.1, 0.15) is 5.60 Å². The Labute approximate surface area is 170 Å². The van der Waals surface area contributed by atoms with Crippen molar-refractivity contribution in [1.29, 1.82) is 0 Å². The van der Waals surface area contributed by atoms with Crippen LogP contribution in [0.5, 0.6) is 0 Å². The first-order valence-corrected chi connectivity index (χ1v) is 9.78. The molecule has 1 heteroatoms.